The van der Waals surface area contributed by atoms with Gasteiger partial charge in [0.1, 0.15) is 5.82 Å². The van der Waals surface area contributed by atoms with E-state index in [2.05, 4.69) is 10.0 Å². The van der Waals surface area contributed by atoms with Gasteiger partial charge in [-0.15, -0.1) is 0 Å². The molecule has 1 amide bonds. The van der Waals surface area contributed by atoms with Crippen molar-refractivity contribution >= 4 is 27.3 Å². The number of carbonyl (C=O) groups excluding carboxylic acids is 1. The first-order valence-electron chi connectivity index (χ1n) is 8.93. The first-order chi connectivity index (χ1) is 13.6. The van der Waals surface area contributed by atoms with Gasteiger partial charge in [0.05, 0.1) is 4.90 Å². The molecule has 3 aromatic rings. The second-order valence-corrected chi connectivity index (χ2v) is 8.57. The fourth-order valence-corrected chi connectivity index (χ4v) is 4.32. The fraction of sp³-hybridized carbons (Fsp3) is 0.136. The van der Waals surface area contributed by atoms with Gasteiger partial charge < -0.3 is 5.32 Å². The molecule has 0 unspecified atom stereocenters. The monoisotopic (exact) mass is 412 g/mol. The minimum absolute atomic E-state index is 0.0171. The summed E-state index contributed by atoms with van der Waals surface area (Å²) < 4.78 is 41.5. The number of aryl methyl sites for hydroxylation is 3. The van der Waals surface area contributed by atoms with Crippen molar-refractivity contribution in [2.75, 3.05) is 10.0 Å². The Morgan fingerprint density at radius 2 is 1.45 bits per heavy atom. The number of carbonyl (C=O) groups is 1. The molecule has 0 radical (unpaired) electrons. The van der Waals surface area contributed by atoms with E-state index in [0.717, 1.165) is 11.1 Å². The van der Waals surface area contributed by atoms with Crippen LogP contribution >= 0.6 is 0 Å². The summed E-state index contributed by atoms with van der Waals surface area (Å²) in [7, 11) is -3.89. The van der Waals surface area contributed by atoms with Gasteiger partial charge in [-0.2, -0.15) is 0 Å². The van der Waals surface area contributed by atoms with Crippen molar-refractivity contribution in [3.8, 4) is 0 Å². The highest BCUT2D eigenvalue weighted by atomic mass is 32.2. The SMILES string of the molecule is Cc1cc(C)cc(NS(=O)(=O)c2cc(C(=O)Nc3ccc(F)cc3)ccc2C)c1. The van der Waals surface area contributed by atoms with E-state index in [0.29, 0.717) is 16.9 Å². The molecule has 0 atom stereocenters. The van der Waals surface area contributed by atoms with Crippen LogP contribution in [0.1, 0.15) is 27.0 Å². The maximum atomic E-state index is 13.0. The summed E-state index contributed by atoms with van der Waals surface area (Å²) >= 11 is 0. The molecule has 29 heavy (non-hydrogen) atoms. The highest BCUT2D eigenvalue weighted by Gasteiger charge is 2.20. The smallest absolute Gasteiger partial charge is 0.262 e. The average molecular weight is 412 g/mol. The Labute approximate surface area is 169 Å². The molecule has 150 valence electrons. The molecule has 5 nitrogen and oxygen atoms in total. The summed E-state index contributed by atoms with van der Waals surface area (Å²) in [4.78, 5) is 12.5. The van der Waals surface area contributed by atoms with Crippen molar-refractivity contribution in [2.24, 2.45) is 0 Å². The van der Waals surface area contributed by atoms with Crippen LogP contribution in [-0.4, -0.2) is 14.3 Å². The van der Waals surface area contributed by atoms with Crippen LogP contribution in [0.3, 0.4) is 0 Å². The Kier molecular flexibility index (Phi) is 5.70. The van der Waals surface area contributed by atoms with E-state index < -0.39 is 21.7 Å². The molecule has 7 heteroatoms. The van der Waals surface area contributed by atoms with E-state index in [1.54, 1.807) is 31.2 Å². The van der Waals surface area contributed by atoms with Gasteiger partial charge in [-0.3, -0.25) is 9.52 Å². The molecule has 0 spiro atoms. The zero-order valence-electron chi connectivity index (χ0n) is 16.3. The molecule has 3 rings (SSSR count). The van der Waals surface area contributed by atoms with Crippen LogP contribution in [0.25, 0.3) is 0 Å². The molecule has 0 aliphatic carbocycles. The van der Waals surface area contributed by atoms with Gasteiger partial charge in [0, 0.05) is 16.9 Å². The lowest BCUT2D eigenvalue weighted by Crippen LogP contribution is -2.17. The third-order valence-corrected chi connectivity index (χ3v) is 5.84. The number of halogens is 1. The molecule has 0 aliphatic rings. The number of amides is 1. The second kappa shape index (κ2) is 8.05. The second-order valence-electron chi connectivity index (χ2n) is 6.92. The lowest BCUT2D eigenvalue weighted by Gasteiger charge is -2.13. The molecule has 0 heterocycles. The summed E-state index contributed by atoms with van der Waals surface area (Å²) in [5.74, 6) is -0.899. The predicted molar refractivity (Wildman–Crippen MR) is 112 cm³/mol. The summed E-state index contributed by atoms with van der Waals surface area (Å²) in [6.45, 7) is 5.44. The Morgan fingerprint density at radius 1 is 0.828 bits per heavy atom. The Balaban J connectivity index is 1.89. The highest BCUT2D eigenvalue weighted by Crippen LogP contribution is 2.23. The number of sulfonamides is 1. The molecule has 0 saturated heterocycles. The van der Waals surface area contributed by atoms with E-state index in [4.69, 9.17) is 0 Å². The largest absolute Gasteiger partial charge is 0.322 e. The molecule has 0 bridgehead atoms. The Bertz CT molecular complexity index is 1150. The molecule has 0 fully saturated rings. The third kappa shape index (κ3) is 5.00. The quantitative estimate of drug-likeness (QED) is 0.632. The molecule has 0 aliphatic heterocycles. The van der Waals surface area contributed by atoms with Crippen molar-refractivity contribution in [2.45, 2.75) is 25.7 Å². The van der Waals surface area contributed by atoms with Crippen molar-refractivity contribution < 1.29 is 17.6 Å². The average Bonchev–Trinajstić information content (AvgIpc) is 2.62. The molecule has 0 saturated carbocycles. The van der Waals surface area contributed by atoms with Gasteiger partial charge in [0.2, 0.25) is 0 Å². The summed E-state index contributed by atoms with van der Waals surface area (Å²) in [6.07, 6.45) is 0. The van der Waals surface area contributed by atoms with Gasteiger partial charge in [-0.05, 0) is 86.0 Å². The summed E-state index contributed by atoms with van der Waals surface area (Å²) in [5.41, 5.74) is 3.44. The highest BCUT2D eigenvalue weighted by molar-refractivity contribution is 7.92. The minimum Gasteiger partial charge on any atom is -0.322 e. The minimum atomic E-state index is -3.89. The van der Waals surface area contributed by atoms with Crippen LogP contribution in [0.5, 0.6) is 0 Å². The van der Waals surface area contributed by atoms with Crippen LogP contribution in [-0.2, 0) is 10.0 Å². The lowest BCUT2D eigenvalue weighted by atomic mass is 10.1. The number of rotatable bonds is 5. The summed E-state index contributed by atoms with van der Waals surface area (Å²) in [5, 5.41) is 2.63. The number of hydrogen-bond acceptors (Lipinski definition) is 3. The van der Waals surface area contributed by atoms with Crippen molar-refractivity contribution in [1.29, 1.82) is 0 Å². The van der Waals surface area contributed by atoms with Gasteiger partial charge in [-0.1, -0.05) is 12.1 Å². The first-order valence-corrected chi connectivity index (χ1v) is 10.4. The van der Waals surface area contributed by atoms with Crippen LogP contribution in [0, 0.1) is 26.6 Å². The fourth-order valence-electron chi connectivity index (χ4n) is 3.01. The van der Waals surface area contributed by atoms with Gasteiger partial charge >= 0.3 is 0 Å². The molecule has 0 aromatic heterocycles. The molecule has 3 aromatic carbocycles. The van der Waals surface area contributed by atoms with Crippen molar-refractivity contribution in [3.05, 3.63) is 88.7 Å². The third-order valence-electron chi connectivity index (χ3n) is 4.32. The van der Waals surface area contributed by atoms with Crippen LogP contribution in [0.2, 0.25) is 0 Å². The van der Waals surface area contributed by atoms with E-state index in [-0.39, 0.29) is 10.5 Å². The van der Waals surface area contributed by atoms with E-state index in [1.807, 2.05) is 19.9 Å². The first kappa shape index (κ1) is 20.5. The number of hydrogen-bond donors (Lipinski definition) is 2. The molecular weight excluding hydrogens is 391 g/mol. The maximum Gasteiger partial charge on any atom is 0.262 e. The van der Waals surface area contributed by atoms with E-state index >= 15 is 0 Å². The van der Waals surface area contributed by atoms with Crippen LogP contribution in [0.4, 0.5) is 15.8 Å². The lowest BCUT2D eigenvalue weighted by molar-refractivity contribution is 0.102. The standard InChI is InChI=1S/C22H21FN2O3S/c1-14-10-15(2)12-20(11-14)25-29(27,28)21-13-17(5-4-16(21)3)22(26)24-19-8-6-18(23)7-9-19/h4-13,25H,1-3H3,(H,24,26). The molecule has 2 N–H and O–H groups in total. The topological polar surface area (TPSA) is 75.3 Å². The van der Waals surface area contributed by atoms with Crippen LogP contribution in [0.15, 0.2) is 65.6 Å². The van der Waals surface area contributed by atoms with Gasteiger partial charge in [0.25, 0.3) is 15.9 Å². The van der Waals surface area contributed by atoms with Crippen molar-refractivity contribution in [3.63, 3.8) is 0 Å². The van der Waals surface area contributed by atoms with E-state index in [9.17, 15) is 17.6 Å². The van der Waals surface area contributed by atoms with Crippen LogP contribution < -0.4 is 10.0 Å². The number of benzene rings is 3. The number of anilines is 2. The zero-order valence-corrected chi connectivity index (χ0v) is 17.1. The van der Waals surface area contributed by atoms with Gasteiger partial charge in [0.15, 0.2) is 0 Å². The summed E-state index contributed by atoms with van der Waals surface area (Å²) in [6, 6.07) is 15.2. The predicted octanol–water partition coefficient (Wildman–Crippen LogP) is 4.80. The normalized spacial score (nSPS) is 11.2. The van der Waals surface area contributed by atoms with Gasteiger partial charge in [-0.25, -0.2) is 12.8 Å². The van der Waals surface area contributed by atoms with E-state index in [1.165, 1.54) is 30.3 Å². The maximum absolute atomic E-state index is 13.0. The van der Waals surface area contributed by atoms with Crippen molar-refractivity contribution in [1.82, 2.24) is 0 Å². The zero-order chi connectivity index (χ0) is 21.2. The molecular formula is C22H21FN2O3S. The Hall–Kier alpha value is -3.19. The Morgan fingerprint density at radius 3 is 2.07 bits per heavy atom. The number of nitrogens with one attached hydrogen (secondary N) is 2.